The van der Waals surface area contributed by atoms with E-state index in [0.29, 0.717) is 28.1 Å². The Labute approximate surface area is 182 Å². The lowest BCUT2D eigenvalue weighted by Crippen LogP contribution is -2.39. The lowest BCUT2D eigenvalue weighted by Gasteiger charge is -2.34. The minimum Gasteiger partial charge on any atom is -0.478 e. The Morgan fingerprint density at radius 1 is 1.33 bits per heavy atom. The van der Waals surface area contributed by atoms with Gasteiger partial charge in [-0.15, -0.1) is 11.3 Å². The number of nitrogens with zero attached hydrogens (tertiary/aromatic N) is 2. The Morgan fingerprint density at radius 3 is 2.70 bits per heavy atom. The Morgan fingerprint density at radius 2 is 2.10 bits per heavy atom. The van der Waals surface area contributed by atoms with Crippen LogP contribution in [0, 0.1) is 11.7 Å². The van der Waals surface area contributed by atoms with Crippen molar-refractivity contribution in [1.82, 2.24) is 15.6 Å². The van der Waals surface area contributed by atoms with Crippen LogP contribution in [0.3, 0.4) is 0 Å². The summed E-state index contributed by atoms with van der Waals surface area (Å²) in [5.41, 5.74) is 1.28. The van der Waals surface area contributed by atoms with Crippen LogP contribution >= 0.6 is 22.9 Å². The maximum Gasteiger partial charge on any atom is 0.335 e. The van der Waals surface area contributed by atoms with Crippen molar-refractivity contribution in [1.29, 1.82) is 0 Å². The van der Waals surface area contributed by atoms with Crippen LogP contribution in [0.2, 0.25) is 5.02 Å². The summed E-state index contributed by atoms with van der Waals surface area (Å²) in [6.07, 6.45) is 5.33. The highest BCUT2D eigenvalue weighted by molar-refractivity contribution is 7.11. The number of aliphatic carboxylic acids is 1. The summed E-state index contributed by atoms with van der Waals surface area (Å²) in [7, 11) is 1.95. The first kappa shape index (κ1) is 21.0. The summed E-state index contributed by atoms with van der Waals surface area (Å²) in [5.74, 6) is -0.951. The number of amidine groups is 1. The zero-order valence-electron chi connectivity index (χ0n) is 16.4. The quantitative estimate of drug-likeness (QED) is 0.639. The topological polar surface area (TPSA) is 86.6 Å². The summed E-state index contributed by atoms with van der Waals surface area (Å²) in [4.78, 5) is 21.4. The number of allylic oxidation sites excluding steroid dienone is 1. The van der Waals surface area contributed by atoms with E-state index >= 15 is 0 Å². The molecule has 0 saturated heterocycles. The van der Waals surface area contributed by atoms with Gasteiger partial charge in [0.2, 0.25) is 0 Å². The van der Waals surface area contributed by atoms with Crippen molar-refractivity contribution in [3.8, 4) is 0 Å². The van der Waals surface area contributed by atoms with E-state index in [2.05, 4.69) is 20.6 Å². The van der Waals surface area contributed by atoms with Gasteiger partial charge in [0.1, 0.15) is 11.9 Å². The molecule has 4 rings (SSSR count). The van der Waals surface area contributed by atoms with E-state index < -0.39 is 17.8 Å². The van der Waals surface area contributed by atoms with Crippen LogP contribution in [0.1, 0.15) is 42.3 Å². The van der Waals surface area contributed by atoms with E-state index in [9.17, 15) is 14.3 Å². The van der Waals surface area contributed by atoms with E-state index in [-0.39, 0.29) is 16.5 Å². The molecule has 2 aromatic rings. The average molecular weight is 449 g/mol. The molecular formula is C21H22ClFN4O2S. The largest absolute Gasteiger partial charge is 0.478 e. The molecule has 1 unspecified atom stereocenters. The summed E-state index contributed by atoms with van der Waals surface area (Å²) in [6.45, 7) is 0. The highest BCUT2D eigenvalue weighted by Gasteiger charge is 2.37. The molecular weight excluding hydrogens is 427 g/mol. The second-order valence-electron chi connectivity index (χ2n) is 7.48. The van der Waals surface area contributed by atoms with Crippen molar-refractivity contribution in [3.63, 3.8) is 0 Å². The number of hydrogen-bond donors (Lipinski definition) is 3. The molecule has 30 heavy (non-hydrogen) atoms. The van der Waals surface area contributed by atoms with Gasteiger partial charge in [0.25, 0.3) is 0 Å². The van der Waals surface area contributed by atoms with Crippen molar-refractivity contribution in [2.75, 3.05) is 7.05 Å². The third-order valence-electron chi connectivity index (χ3n) is 5.74. The highest BCUT2D eigenvalue weighted by Crippen LogP contribution is 2.40. The maximum atomic E-state index is 13.6. The predicted molar refractivity (Wildman–Crippen MR) is 115 cm³/mol. The van der Waals surface area contributed by atoms with E-state index in [4.69, 9.17) is 11.6 Å². The molecule has 1 aliphatic heterocycles. The van der Waals surface area contributed by atoms with Crippen LogP contribution in [0.25, 0.3) is 0 Å². The van der Waals surface area contributed by atoms with Gasteiger partial charge < -0.3 is 15.7 Å². The predicted octanol–water partition coefficient (Wildman–Crippen LogP) is 4.14. The molecule has 158 valence electrons. The second kappa shape index (κ2) is 8.83. The summed E-state index contributed by atoms with van der Waals surface area (Å²) < 4.78 is 13.6. The number of carboxylic acid groups (broad SMARTS) is 1. The zero-order chi connectivity index (χ0) is 21.3. The minimum atomic E-state index is -1.06. The molecule has 1 saturated carbocycles. The fraction of sp³-hybridized carbons (Fsp3) is 0.381. The molecule has 3 N–H and O–H groups in total. The van der Waals surface area contributed by atoms with Crippen molar-refractivity contribution in [2.24, 2.45) is 10.9 Å². The Balaban J connectivity index is 1.81. The fourth-order valence-corrected chi connectivity index (χ4v) is 5.05. The number of carbonyl (C=O) groups is 1. The van der Waals surface area contributed by atoms with Crippen molar-refractivity contribution >= 4 is 34.7 Å². The molecule has 1 fully saturated rings. The molecule has 1 atom stereocenters. The Kier molecular flexibility index (Phi) is 6.17. The number of nitrogens with one attached hydrogen (secondary N) is 2. The van der Waals surface area contributed by atoms with Gasteiger partial charge in [-0.25, -0.2) is 14.2 Å². The van der Waals surface area contributed by atoms with Crippen LogP contribution in [0.15, 0.2) is 46.0 Å². The van der Waals surface area contributed by atoms with Gasteiger partial charge in [0.05, 0.1) is 5.57 Å². The molecule has 6 nitrogen and oxygen atoms in total. The first-order valence-corrected chi connectivity index (χ1v) is 11.1. The van der Waals surface area contributed by atoms with Crippen LogP contribution in [0.4, 0.5) is 4.39 Å². The zero-order valence-corrected chi connectivity index (χ0v) is 17.9. The SMILES string of the molecule is CNC1CCC(C2=C(C(=O)O)C(c3ccc(F)cc3Cl)N=C(c3nccs3)N2)CC1. The van der Waals surface area contributed by atoms with Gasteiger partial charge in [-0.3, -0.25) is 4.99 Å². The van der Waals surface area contributed by atoms with Crippen molar-refractivity contribution < 1.29 is 14.3 Å². The number of benzene rings is 1. The summed E-state index contributed by atoms with van der Waals surface area (Å²) >= 11 is 7.73. The number of hydrogen-bond acceptors (Lipinski definition) is 6. The Hall–Kier alpha value is -2.29. The summed E-state index contributed by atoms with van der Waals surface area (Å²) in [6, 6.07) is 3.57. The second-order valence-corrected chi connectivity index (χ2v) is 8.78. The number of carboxylic acids is 1. The van der Waals surface area contributed by atoms with E-state index in [1.165, 1.54) is 29.5 Å². The average Bonchev–Trinajstić information content (AvgIpc) is 3.28. The maximum absolute atomic E-state index is 13.6. The van der Waals surface area contributed by atoms with Crippen LogP contribution in [0.5, 0.6) is 0 Å². The molecule has 1 aliphatic carbocycles. The lowest BCUT2D eigenvalue weighted by atomic mass is 9.80. The van der Waals surface area contributed by atoms with Crippen LogP contribution in [-0.2, 0) is 4.79 Å². The van der Waals surface area contributed by atoms with Gasteiger partial charge in [-0.05, 0) is 50.8 Å². The fourth-order valence-electron chi connectivity index (χ4n) is 4.19. The number of aliphatic imine (C=N–C) groups is 1. The Bertz CT molecular complexity index is 1000. The van der Waals surface area contributed by atoms with E-state index in [1.54, 1.807) is 6.20 Å². The molecule has 1 aromatic carbocycles. The van der Waals surface area contributed by atoms with Crippen molar-refractivity contribution in [2.45, 2.75) is 37.8 Å². The molecule has 0 spiro atoms. The first-order chi connectivity index (χ1) is 14.5. The van der Waals surface area contributed by atoms with E-state index in [1.807, 2.05) is 12.4 Å². The molecule has 2 aliphatic rings. The van der Waals surface area contributed by atoms with Crippen LogP contribution in [-0.4, -0.2) is 35.0 Å². The molecule has 0 bridgehead atoms. The molecule has 2 heterocycles. The number of halogens is 2. The highest BCUT2D eigenvalue weighted by atomic mass is 35.5. The van der Waals surface area contributed by atoms with Crippen LogP contribution < -0.4 is 10.6 Å². The summed E-state index contributed by atoms with van der Waals surface area (Å²) in [5, 5.41) is 19.4. The minimum absolute atomic E-state index is 0.0629. The first-order valence-electron chi connectivity index (χ1n) is 9.82. The molecule has 0 amide bonds. The number of thiazole rings is 1. The monoisotopic (exact) mass is 448 g/mol. The third kappa shape index (κ3) is 4.12. The molecule has 0 radical (unpaired) electrons. The smallest absolute Gasteiger partial charge is 0.335 e. The van der Waals surface area contributed by atoms with Gasteiger partial charge in [0.15, 0.2) is 10.8 Å². The van der Waals surface area contributed by atoms with Gasteiger partial charge >= 0.3 is 5.97 Å². The number of aromatic nitrogens is 1. The van der Waals surface area contributed by atoms with Crippen molar-refractivity contribution in [3.05, 3.63) is 62.5 Å². The third-order valence-corrected chi connectivity index (χ3v) is 6.85. The van der Waals surface area contributed by atoms with Gasteiger partial charge in [-0.1, -0.05) is 17.7 Å². The molecule has 1 aromatic heterocycles. The normalized spacial score (nSPS) is 24.4. The number of rotatable bonds is 5. The van der Waals surface area contributed by atoms with Gasteiger partial charge in [0, 0.05) is 33.9 Å². The standard InChI is InChI=1S/C21H22ClFN4O2S/c1-24-13-5-2-11(3-6-13)17-16(21(28)29)18(14-7-4-12(23)10-15(14)22)27-19(26-17)20-25-8-9-30-20/h4,7-11,13,18,24H,2-3,5-6H2,1H3,(H,26,27)(H,28,29). The van der Waals surface area contributed by atoms with E-state index in [0.717, 1.165) is 25.7 Å². The lowest BCUT2D eigenvalue weighted by molar-refractivity contribution is -0.133. The molecule has 9 heteroatoms. The van der Waals surface area contributed by atoms with Gasteiger partial charge in [-0.2, -0.15) is 0 Å².